The number of morpholine rings is 1. The Kier molecular flexibility index (Phi) is 7.12. The zero-order valence-electron chi connectivity index (χ0n) is 18.2. The van der Waals surface area contributed by atoms with Gasteiger partial charge in [-0.15, -0.1) is 11.3 Å². The van der Waals surface area contributed by atoms with Crippen molar-refractivity contribution in [2.24, 2.45) is 0 Å². The van der Waals surface area contributed by atoms with Crippen molar-refractivity contribution in [3.8, 4) is 10.6 Å². The fourth-order valence-electron chi connectivity index (χ4n) is 3.81. The number of rotatable bonds is 7. The topological polar surface area (TPSA) is 45.7 Å². The molecule has 0 aliphatic carbocycles. The summed E-state index contributed by atoms with van der Waals surface area (Å²) in [5.74, 6) is -0.0146. The number of nitrogens with zero attached hydrogens (tertiary/aromatic N) is 3. The predicted octanol–water partition coefficient (Wildman–Crippen LogP) is 4.48. The molecule has 1 unspecified atom stereocenters. The molecule has 4 rings (SSSR count). The average Bonchev–Trinajstić information content (AvgIpc) is 3.29. The number of ether oxygens (including phenoxy) is 1. The highest BCUT2D eigenvalue weighted by molar-refractivity contribution is 7.13. The number of aryl methyl sites for hydroxylation is 1. The van der Waals surface area contributed by atoms with Gasteiger partial charge in [-0.05, 0) is 19.4 Å². The van der Waals surface area contributed by atoms with Crippen molar-refractivity contribution < 1.29 is 9.53 Å². The van der Waals surface area contributed by atoms with Crippen LogP contribution < -0.4 is 0 Å². The molecule has 0 radical (unpaired) electrons. The minimum atomic E-state index is -0.0146. The number of aromatic nitrogens is 1. The molecule has 1 aliphatic rings. The van der Waals surface area contributed by atoms with Gasteiger partial charge in [-0.25, -0.2) is 4.98 Å². The van der Waals surface area contributed by atoms with E-state index >= 15 is 0 Å². The van der Waals surface area contributed by atoms with Crippen LogP contribution in [0.1, 0.15) is 28.5 Å². The normalized spacial score (nSPS) is 15.5. The molecule has 162 valence electrons. The first-order valence-electron chi connectivity index (χ1n) is 10.8. The van der Waals surface area contributed by atoms with Gasteiger partial charge >= 0.3 is 0 Å². The highest BCUT2D eigenvalue weighted by Gasteiger charge is 2.26. The molecular weight excluding hydrogens is 406 g/mol. The fraction of sp³-hybridized carbons (Fsp3) is 0.360. The van der Waals surface area contributed by atoms with Gasteiger partial charge in [-0.2, -0.15) is 0 Å². The van der Waals surface area contributed by atoms with Gasteiger partial charge in [0.15, 0.2) is 0 Å². The van der Waals surface area contributed by atoms with E-state index in [0.717, 1.165) is 49.0 Å². The van der Waals surface area contributed by atoms with E-state index in [1.54, 1.807) is 0 Å². The molecule has 2 heterocycles. The third-order valence-corrected chi connectivity index (χ3v) is 6.53. The van der Waals surface area contributed by atoms with Crippen LogP contribution in [0.5, 0.6) is 0 Å². The molecule has 0 saturated carbocycles. The molecule has 0 spiro atoms. The molecule has 1 aliphatic heterocycles. The van der Waals surface area contributed by atoms with E-state index in [0.29, 0.717) is 12.2 Å². The Morgan fingerprint density at radius 2 is 1.84 bits per heavy atom. The van der Waals surface area contributed by atoms with Crippen LogP contribution in [0.25, 0.3) is 10.6 Å². The molecule has 1 atom stereocenters. The number of hydrogen-bond acceptors (Lipinski definition) is 5. The van der Waals surface area contributed by atoms with Gasteiger partial charge in [-0.3, -0.25) is 9.69 Å². The van der Waals surface area contributed by atoms with E-state index in [9.17, 15) is 4.79 Å². The van der Waals surface area contributed by atoms with Gasteiger partial charge in [0, 0.05) is 43.2 Å². The summed E-state index contributed by atoms with van der Waals surface area (Å²) in [5.41, 5.74) is 3.90. The Hall–Kier alpha value is -2.54. The number of amides is 1. The highest BCUT2D eigenvalue weighted by atomic mass is 32.1. The van der Waals surface area contributed by atoms with Crippen molar-refractivity contribution in [2.45, 2.75) is 26.4 Å². The maximum atomic E-state index is 13.6. The molecule has 1 fully saturated rings. The third-order valence-electron chi connectivity index (χ3n) is 5.64. The van der Waals surface area contributed by atoms with Crippen molar-refractivity contribution in [3.63, 3.8) is 0 Å². The number of thiazole rings is 1. The minimum Gasteiger partial charge on any atom is -0.379 e. The molecule has 3 aromatic rings. The fourth-order valence-corrected chi connectivity index (χ4v) is 4.61. The summed E-state index contributed by atoms with van der Waals surface area (Å²) in [6.07, 6.45) is 0. The van der Waals surface area contributed by atoms with Crippen molar-refractivity contribution in [1.82, 2.24) is 14.8 Å². The summed E-state index contributed by atoms with van der Waals surface area (Å²) in [4.78, 5) is 22.6. The lowest BCUT2D eigenvalue weighted by Gasteiger charge is -2.35. The summed E-state index contributed by atoms with van der Waals surface area (Å²) in [7, 11) is 0. The smallest absolute Gasteiger partial charge is 0.273 e. The zero-order chi connectivity index (χ0) is 21.6. The summed E-state index contributed by atoms with van der Waals surface area (Å²) < 4.78 is 5.48. The second-order valence-electron chi connectivity index (χ2n) is 8.08. The third kappa shape index (κ3) is 5.58. The van der Waals surface area contributed by atoms with Crippen LogP contribution in [0.4, 0.5) is 0 Å². The molecule has 0 N–H and O–H groups in total. The molecule has 2 aromatic carbocycles. The van der Waals surface area contributed by atoms with Crippen molar-refractivity contribution in [1.29, 1.82) is 0 Å². The van der Waals surface area contributed by atoms with Crippen LogP contribution in [0.15, 0.2) is 60.0 Å². The number of benzene rings is 2. The van der Waals surface area contributed by atoms with Gasteiger partial charge in [0.05, 0.1) is 13.2 Å². The highest BCUT2D eigenvalue weighted by Crippen LogP contribution is 2.25. The van der Waals surface area contributed by atoms with Crippen molar-refractivity contribution in [3.05, 3.63) is 76.8 Å². The average molecular weight is 436 g/mol. The first-order chi connectivity index (χ1) is 15.1. The van der Waals surface area contributed by atoms with Gasteiger partial charge < -0.3 is 9.64 Å². The Balaban J connectivity index is 1.54. The molecule has 1 amide bonds. The second-order valence-corrected chi connectivity index (χ2v) is 8.94. The van der Waals surface area contributed by atoms with Gasteiger partial charge in [0.2, 0.25) is 0 Å². The molecule has 1 aromatic heterocycles. The maximum absolute atomic E-state index is 13.6. The Morgan fingerprint density at radius 3 is 2.55 bits per heavy atom. The van der Waals surface area contributed by atoms with Crippen LogP contribution in [0, 0.1) is 6.92 Å². The van der Waals surface area contributed by atoms with Crippen molar-refractivity contribution >= 4 is 17.2 Å². The summed E-state index contributed by atoms with van der Waals surface area (Å²) in [6.45, 7) is 8.93. The van der Waals surface area contributed by atoms with Crippen LogP contribution in [0.2, 0.25) is 0 Å². The quantitative estimate of drug-likeness (QED) is 0.549. The summed E-state index contributed by atoms with van der Waals surface area (Å²) >= 11 is 1.52. The van der Waals surface area contributed by atoms with Crippen LogP contribution >= 0.6 is 11.3 Å². The van der Waals surface area contributed by atoms with E-state index < -0.39 is 0 Å². The van der Waals surface area contributed by atoms with Gasteiger partial charge in [-0.1, -0.05) is 60.2 Å². The first-order valence-corrected chi connectivity index (χ1v) is 11.7. The summed E-state index contributed by atoms with van der Waals surface area (Å²) in [5, 5.41) is 2.76. The Bertz CT molecular complexity index is 982. The molecule has 0 bridgehead atoms. The molecule has 6 heteroatoms. The number of carbonyl (C=O) groups is 1. The molecule has 5 nitrogen and oxygen atoms in total. The van der Waals surface area contributed by atoms with E-state index in [1.807, 2.05) is 28.5 Å². The van der Waals surface area contributed by atoms with E-state index in [4.69, 9.17) is 9.72 Å². The van der Waals surface area contributed by atoms with Gasteiger partial charge in [0.1, 0.15) is 10.7 Å². The predicted molar refractivity (Wildman–Crippen MR) is 125 cm³/mol. The summed E-state index contributed by atoms with van der Waals surface area (Å²) in [6, 6.07) is 18.5. The minimum absolute atomic E-state index is 0.0146. The van der Waals surface area contributed by atoms with Crippen LogP contribution in [0.3, 0.4) is 0 Å². The Morgan fingerprint density at radius 1 is 1.13 bits per heavy atom. The maximum Gasteiger partial charge on any atom is 0.273 e. The first kappa shape index (κ1) is 21.7. The largest absolute Gasteiger partial charge is 0.379 e. The van der Waals surface area contributed by atoms with E-state index in [2.05, 4.69) is 55.1 Å². The van der Waals surface area contributed by atoms with Crippen molar-refractivity contribution in [2.75, 3.05) is 32.8 Å². The van der Waals surface area contributed by atoms with E-state index in [-0.39, 0.29) is 11.9 Å². The van der Waals surface area contributed by atoms with Gasteiger partial charge in [0.25, 0.3) is 5.91 Å². The zero-order valence-corrected chi connectivity index (χ0v) is 19.0. The molecule has 1 saturated heterocycles. The standard InChI is InChI=1S/C25H29N3O2S/c1-19-8-10-22(11-9-19)24-26-23(18-31-24)25(29)28(17-21-6-4-3-5-7-21)20(2)16-27-12-14-30-15-13-27/h3-11,18,20H,12-17H2,1-2H3. The van der Waals surface area contributed by atoms with E-state index in [1.165, 1.54) is 16.9 Å². The van der Waals surface area contributed by atoms with Crippen LogP contribution in [-0.4, -0.2) is 59.6 Å². The molecule has 31 heavy (non-hydrogen) atoms. The Labute approximate surface area is 188 Å². The monoisotopic (exact) mass is 435 g/mol. The second kappa shape index (κ2) is 10.2. The lowest BCUT2D eigenvalue weighted by molar-refractivity contribution is 0.0227. The lowest BCUT2D eigenvalue weighted by atomic mass is 10.1. The van der Waals surface area contributed by atoms with Crippen LogP contribution in [-0.2, 0) is 11.3 Å². The molecular formula is C25H29N3O2S. The number of hydrogen-bond donors (Lipinski definition) is 0. The number of carbonyl (C=O) groups excluding carboxylic acids is 1. The SMILES string of the molecule is Cc1ccc(-c2nc(C(=O)N(Cc3ccccc3)C(C)CN3CCOCC3)cs2)cc1. The lowest BCUT2D eigenvalue weighted by Crippen LogP contribution is -2.48.